The number of aliphatic hydroxyl groups excluding tert-OH is 1. The van der Waals surface area contributed by atoms with Crippen LogP contribution in [-0.2, 0) is 4.79 Å². The summed E-state index contributed by atoms with van der Waals surface area (Å²) < 4.78 is 0. The highest BCUT2D eigenvalue weighted by atomic mass is 16.3. The van der Waals surface area contributed by atoms with Gasteiger partial charge in [-0.1, -0.05) is 6.92 Å². The SMILES string of the molecule is CCCC(=O)CC(C)(O)CCO. The van der Waals surface area contributed by atoms with E-state index in [4.69, 9.17) is 5.11 Å². The Hall–Kier alpha value is -0.410. The van der Waals surface area contributed by atoms with Crippen molar-refractivity contribution in [3.05, 3.63) is 0 Å². The van der Waals surface area contributed by atoms with E-state index in [1.54, 1.807) is 6.92 Å². The van der Waals surface area contributed by atoms with Crippen molar-refractivity contribution in [3.63, 3.8) is 0 Å². The first kappa shape index (κ1) is 11.6. The fraction of sp³-hybridized carbons (Fsp3) is 0.889. The molecule has 0 fully saturated rings. The maximum Gasteiger partial charge on any atom is 0.135 e. The molecule has 0 saturated carbocycles. The van der Waals surface area contributed by atoms with Crippen molar-refractivity contribution in [3.8, 4) is 0 Å². The number of Topliss-reactive ketones (excluding diaryl/α,β-unsaturated/α-hetero) is 1. The van der Waals surface area contributed by atoms with Gasteiger partial charge in [0.15, 0.2) is 0 Å². The number of rotatable bonds is 6. The van der Waals surface area contributed by atoms with E-state index in [0.29, 0.717) is 6.42 Å². The number of hydrogen-bond acceptors (Lipinski definition) is 3. The van der Waals surface area contributed by atoms with Crippen LogP contribution in [0.2, 0.25) is 0 Å². The summed E-state index contributed by atoms with van der Waals surface area (Å²) in [5.74, 6) is 0.0657. The van der Waals surface area contributed by atoms with E-state index in [2.05, 4.69) is 0 Å². The molecule has 12 heavy (non-hydrogen) atoms. The van der Waals surface area contributed by atoms with Crippen LogP contribution in [0.1, 0.15) is 39.5 Å². The molecule has 0 aliphatic rings. The second kappa shape index (κ2) is 5.27. The molecule has 0 spiro atoms. The van der Waals surface area contributed by atoms with Crippen LogP contribution in [0.25, 0.3) is 0 Å². The van der Waals surface area contributed by atoms with Crippen molar-refractivity contribution < 1.29 is 15.0 Å². The largest absolute Gasteiger partial charge is 0.396 e. The third-order valence-electron chi connectivity index (χ3n) is 1.76. The Bertz CT molecular complexity index is 141. The van der Waals surface area contributed by atoms with Crippen molar-refractivity contribution in [2.24, 2.45) is 0 Å². The summed E-state index contributed by atoms with van der Waals surface area (Å²) >= 11 is 0. The van der Waals surface area contributed by atoms with Crippen molar-refractivity contribution in [1.29, 1.82) is 0 Å². The van der Waals surface area contributed by atoms with E-state index in [9.17, 15) is 9.90 Å². The number of aliphatic hydroxyl groups is 2. The zero-order valence-electron chi connectivity index (χ0n) is 7.84. The molecule has 0 bridgehead atoms. The van der Waals surface area contributed by atoms with Crippen LogP contribution in [0.5, 0.6) is 0 Å². The maximum absolute atomic E-state index is 11.1. The van der Waals surface area contributed by atoms with E-state index in [1.807, 2.05) is 6.92 Å². The van der Waals surface area contributed by atoms with Gasteiger partial charge >= 0.3 is 0 Å². The topological polar surface area (TPSA) is 57.5 Å². The third kappa shape index (κ3) is 5.27. The number of hydrogen-bond donors (Lipinski definition) is 2. The van der Waals surface area contributed by atoms with E-state index in [-0.39, 0.29) is 25.2 Å². The lowest BCUT2D eigenvalue weighted by atomic mass is 9.94. The molecule has 0 aromatic carbocycles. The van der Waals surface area contributed by atoms with Crippen LogP contribution in [0, 0.1) is 0 Å². The molecule has 0 amide bonds. The summed E-state index contributed by atoms with van der Waals surface area (Å²) in [7, 11) is 0. The number of carbonyl (C=O) groups excluding carboxylic acids is 1. The fourth-order valence-electron chi connectivity index (χ4n) is 1.12. The van der Waals surface area contributed by atoms with Crippen LogP contribution in [-0.4, -0.2) is 28.2 Å². The van der Waals surface area contributed by atoms with E-state index < -0.39 is 5.60 Å². The van der Waals surface area contributed by atoms with Crippen LogP contribution in [0.3, 0.4) is 0 Å². The number of ketones is 1. The summed E-state index contributed by atoms with van der Waals surface area (Å²) in [5, 5.41) is 18.1. The van der Waals surface area contributed by atoms with E-state index >= 15 is 0 Å². The Morgan fingerprint density at radius 2 is 2.08 bits per heavy atom. The molecule has 0 aromatic rings. The van der Waals surface area contributed by atoms with Crippen LogP contribution < -0.4 is 0 Å². The Balaban J connectivity index is 3.79. The van der Waals surface area contributed by atoms with Gasteiger partial charge in [0.2, 0.25) is 0 Å². The molecule has 0 rings (SSSR count). The van der Waals surface area contributed by atoms with Gasteiger partial charge in [0.1, 0.15) is 5.78 Å². The van der Waals surface area contributed by atoms with Gasteiger partial charge in [-0.05, 0) is 19.8 Å². The summed E-state index contributed by atoms with van der Waals surface area (Å²) in [5.41, 5.74) is -1.03. The average molecular weight is 174 g/mol. The maximum atomic E-state index is 11.1. The van der Waals surface area contributed by atoms with Gasteiger partial charge in [0.25, 0.3) is 0 Å². The van der Waals surface area contributed by atoms with Gasteiger partial charge in [-0.15, -0.1) is 0 Å². The zero-order chi connectivity index (χ0) is 9.61. The van der Waals surface area contributed by atoms with E-state index in [0.717, 1.165) is 6.42 Å². The Morgan fingerprint density at radius 1 is 1.50 bits per heavy atom. The second-order valence-corrected chi connectivity index (χ2v) is 3.44. The average Bonchev–Trinajstić information content (AvgIpc) is 1.85. The van der Waals surface area contributed by atoms with Crippen molar-refractivity contribution in [2.45, 2.75) is 45.1 Å². The summed E-state index contributed by atoms with van der Waals surface area (Å²) in [4.78, 5) is 11.1. The van der Waals surface area contributed by atoms with Gasteiger partial charge < -0.3 is 10.2 Å². The molecule has 0 aromatic heterocycles. The molecular formula is C9H18O3. The lowest BCUT2D eigenvalue weighted by Crippen LogP contribution is -2.28. The van der Waals surface area contributed by atoms with Crippen LogP contribution >= 0.6 is 0 Å². The first-order valence-corrected chi connectivity index (χ1v) is 4.37. The normalized spacial score (nSPS) is 15.7. The highest BCUT2D eigenvalue weighted by Crippen LogP contribution is 2.15. The predicted octanol–water partition coefficient (Wildman–Crippen LogP) is 0.879. The van der Waals surface area contributed by atoms with Crippen LogP contribution in [0.15, 0.2) is 0 Å². The van der Waals surface area contributed by atoms with Gasteiger partial charge in [-0.2, -0.15) is 0 Å². The quantitative estimate of drug-likeness (QED) is 0.628. The first-order valence-electron chi connectivity index (χ1n) is 4.37. The van der Waals surface area contributed by atoms with Gasteiger partial charge in [0.05, 0.1) is 5.60 Å². The van der Waals surface area contributed by atoms with E-state index in [1.165, 1.54) is 0 Å². The van der Waals surface area contributed by atoms with Crippen molar-refractivity contribution in [1.82, 2.24) is 0 Å². The van der Waals surface area contributed by atoms with Gasteiger partial charge in [-0.3, -0.25) is 4.79 Å². The minimum Gasteiger partial charge on any atom is -0.396 e. The molecular weight excluding hydrogens is 156 g/mol. The zero-order valence-corrected chi connectivity index (χ0v) is 7.84. The molecule has 1 unspecified atom stereocenters. The molecule has 0 saturated heterocycles. The molecule has 0 aliphatic carbocycles. The standard InChI is InChI=1S/C9H18O3/c1-3-4-8(11)7-9(2,12)5-6-10/h10,12H,3-7H2,1-2H3. The molecule has 3 nitrogen and oxygen atoms in total. The first-order chi connectivity index (χ1) is 5.52. The summed E-state index contributed by atoms with van der Waals surface area (Å²) in [6.45, 7) is 3.43. The minimum atomic E-state index is -1.03. The Labute approximate surface area is 73.4 Å². The van der Waals surface area contributed by atoms with Gasteiger partial charge in [0, 0.05) is 19.4 Å². The number of carbonyl (C=O) groups is 1. The fourth-order valence-corrected chi connectivity index (χ4v) is 1.12. The molecule has 2 N–H and O–H groups in total. The second-order valence-electron chi connectivity index (χ2n) is 3.44. The molecule has 72 valence electrons. The van der Waals surface area contributed by atoms with Crippen molar-refractivity contribution >= 4 is 5.78 Å². The minimum absolute atomic E-state index is 0.0657. The molecule has 1 atom stereocenters. The highest BCUT2D eigenvalue weighted by molar-refractivity contribution is 5.79. The summed E-state index contributed by atoms with van der Waals surface area (Å²) in [6.07, 6.45) is 1.75. The Kier molecular flexibility index (Phi) is 5.09. The summed E-state index contributed by atoms with van der Waals surface area (Å²) in [6, 6.07) is 0. The predicted molar refractivity (Wildman–Crippen MR) is 46.9 cm³/mol. The highest BCUT2D eigenvalue weighted by Gasteiger charge is 2.22. The smallest absolute Gasteiger partial charge is 0.135 e. The molecule has 0 aliphatic heterocycles. The monoisotopic (exact) mass is 174 g/mol. The lowest BCUT2D eigenvalue weighted by Gasteiger charge is -2.20. The molecule has 3 heteroatoms. The van der Waals surface area contributed by atoms with Crippen molar-refractivity contribution in [2.75, 3.05) is 6.61 Å². The molecule has 0 radical (unpaired) electrons. The van der Waals surface area contributed by atoms with Crippen LogP contribution in [0.4, 0.5) is 0 Å². The molecule has 0 heterocycles. The van der Waals surface area contributed by atoms with Gasteiger partial charge in [-0.25, -0.2) is 0 Å². The third-order valence-corrected chi connectivity index (χ3v) is 1.76. The lowest BCUT2D eigenvalue weighted by molar-refractivity contribution is -0.123. The Morgan fingerprint density at radius 3 is 2.50 bits per heavy atom.